The van der Waals surface area contributed by atoms with Crippen LogP contribution in [0.2, 0.25) is 0 Å². The minimum Gasteiger partial charge on any atom is -0.469 e. The number of aryl methyl sites for hydroxylation is 1. The number of ether oxygens (including phenoxy) is 1. The molecule has 1 heterocycles. The zero-order chi connectivity index (χ0) is 18.6. The van der Waals surface area contributed by atoms with Gasteiger partial charge in [0.1, 0.15) is 6.10 Å². The summed E-state index contributed by atoms with van der Waals surface area (Å²) in [4.78, 5) is 10.8. The highest BCUT2D eigenvalue weighted by Crippen LogP contribution is 2.32. The molecule has 1 unspecified atom stereocenters. The van der Waals surface area contributed by atoms with Crippen molar-refractivity contribution in [2.24, 2.45) is 4.99 Å². The van der Waals surface area contributed by atoms with Crippen molar-refractivity contribution >= 4 is 28.0 Å². The van der Waals surface area contributed by atoms with E-state index in [1.165, 1.54) is 6.07 Å². The Balaban J connectivity index is 2.21. The number of aromatic nitrogens is 1. The van der Waals surface area contributed by atoms with Gasteiger partial charge in [0, 0.05) is 13.6 Å². The Hall–Kier alpha value is -2.02. The van der Waals surface area contributed by atoms with Crippen LogP contribution in [0.25, 0.3) is 0 Å². The fourth-order valence-corrected chi connectivity index (χ4v) is 2.40. The van der Waals surface area contributed by atoms with Crippen molar-refractivity contribution in [3.63, 3.8) is 0 Å². The number of hydrogen-bond acceptors (Lipinski definition) is 3. The average Bonchev–Trinajstić information content (AvgIpc) is 2.58. The first-order valence-electron chi connectivity index (χ1n) is 7.85. The topological polar surface area (TPSA) is 37.7 Å². The third kappa shape index (κ3) is 4.98. The van der Waals surface area contributed by atoms with Crippen molar-refractivity contribution < 1.29 is 13.5 Å². The van der Waals surface area contributed by atoms with Gasteiger partial charge in [-0.25, -0.2) is 18.8 Å². The third-order valence-electron chi connectivity index (χ3n) is 3.70. The molecule has 2 rings (SSSR count). The van der Waals surface area contributed by atoms with Crippen molar-refractivity contribution in [3.05, 3.63) is 51.6 Å². The van der Waals surface area contributed by atoms with Crippen LogP contribution in [-0.2, 0) is 0 Å². The monoisotopic (exact) mass is 411 g/mol. The second kappa shape index (κ2) is 8.38. The van der Waals surface area contributed by atoms with Crippen molar-refractivity contribution in [1.82, 2.24) is 9.88 Å². The van der Waals surface area contributed by atoms with E-state index in [-0.39, 0.29) is 0 Å². The van der Waals surface area contributed by atoms with Gasteiger partial charge in [0.05, 0.1) is 22.2 Å². The van der Waals surface area contributed by atoms with Crippen LogP contribution in [-0.4, -0.2) is 29.8 Å². The Morgan fingerprint density at radius 1 is 1.32 bits per heavy atom. The molecule has 0 spiro atoms. The summed E-state index contributed by atoms with van der Waals surface area (Å²) >= 11 is 3.42. The fourth-order valence-electron chi connectivity index (χ4n) is 2.01. The molecule has 0 amide bonds. The second-order valence-electron chi connectivity index (χ2n) is 5.63. The molecule has 1 atom stereocenters. The summed E-state index contributed by atoms with van der Waals surface area (Å²) in [5.41, 5.74) is 1.95. The highest BCUT2D eigenvalue weighted by atomic mass is 79.9. The molecular formula is C18H20BrF2N3O. The van der Waals surface area contributed by atoms with Gasteiger partial charge in [0.25, 0.3) is 0 Å². The standard InChI is InChI=1S/C18H20BrF2N3O/c1-5-24(4)10-22-17-9-14(19)18(23-11(17)2)25-12(3)13-6-7-15(20)16(21)8-13/h6-10,12H,5H2,1-4H3. The van der Waals surface area contributed by atoms with Gasteiger partial charge in [-0.1, -0.05) is 6.07 Å². The molecule has 0 saturated heterocycles. The summed E-state index contributed by atoms with van der Waals surface area (Å²) in [6.45, 7) is 6.46. The van der Waals surface area contributed by atoms with Crippen molar-refractivity contribution in [2.75, 3.05) is 13.6 Å². The van der Waals surface area contributed by atoms with Crippen molar-refractivity contribution in [1.29, 1.82) is 0 Å². The Morgan fingerprint density at radius 3 is 2.68 bits per heavy atom. The Bertz CT molecular complexity index is 783. The molecule has 1 aromatic carbocycles. The van der Waals surface area contributed by atoms with Crippen LogP contribution in [0, 0.1) is 18.6 Å². The zero-order valence-corrected chi connectivity index (χ0v) is 16.1. The largest absolute Gasteiger partial charge is 0.469 e. The number of rotatable bonds is 6. The van der Waals surface area contributed by atoms with E-state index < -0.39 is 17.7 Å². The van der Waals surface area contributed by atoms with Gasteiger partial charge in [0.15, 0.2) is 11.6 Å². The highest BCUT2D eigenvalue weighted by Gasteiger charge is 2.15. The van der Waals surface area contributed by atoms with E-state index in [0.29, 0.717) is 21.6 Å². The van der Waals surface area contributed by atoms with Gasteiger partial charge in [-0.3, -0.25) is 0 Å². The molecule has 4 nitrogen and oxygen atoms in total. The number of pyridine rings is 1. The van der Waals surface area contributed by atoms with Gasteiger partial charge >= 0.3 is 0 Å². The number of nitrogens with zero attached hydrogens (tertiary/aromatic N) is 3. The molecule has 0 N–H and O–H groups in total. The van der Waals surface area contributed by atoms with Gasteiger partial charge < -0.3 is 9.64 Å². The van der Waals surface area contributed by atoms with Gasteiger partial charge in [-0.2, -0.15) is 0 Å². The first-order valence-corrected chi connectivity index (χ1v) is 8.64. The van der Waals surface area contributed by atoms with Gasteiger partial charge in [-0.05, 0) is 60.5 Å². The Labute approximate surface area is 154 Å². The van der Waals surface area contributed by atoms with E-state index >= 15 is 0 Å². The summed E-state index contributed by atoms with van der Waals surface area (Å²) in [6.07, 6.45) is 1.25. The number of benzene rings is 1. The van der Waals surface area contributed by atoms with Gasteiger partial charge in [0.2, 0.25) is 5.88 Å². The predicted molar refractivity (Wildman–Crippen MR) is 98.5 cm³/mol. The van der Waals surface area contributed by atoms with E-state index in [1.54, 1.807) is 13.3 Å². The van der Waals surface area contributed by atoms with E-state index in [4.69, 9.17) is 4.74 Å². The maximum absolute atomic E-state index is 13.4. The van der Waals surface area contributed by atoms with Crippen LogP contribution in [0.5, 0.6) is 5.88 Å². The molecule has 7 heteroatoms. The summed E-state index contributed by atoms with van der Waals surface area (Å²) < 4.78 is 32.9. The molecule has 134 valence electrons. The minimum absolute atomic E-state index is 0.373. The van der Waals surface area contributed by atoms with E-state index in [1.807, 2.05) is 31.9 Å². The third-order valence-corrected chi connectivity index (χ3v) is 4.27. The summed E-state index contributed by atoms with van der Waals surface area (Å²) in [5, 5.41) is 0. The van der Waals surface area contributed by atoms with Crippen LogP contribution in [0.4, 0.5) is 14.5 Å². The van der Waals surface area contributed by atoms with Crippen molar-refractivity contribution in [2.45, 2.75) is 26.9 Å². The number of aliphatic imine (C=N–C) groups is 1. The molecule has 1 aromatic heterocycles. The molecule has 0 aliphatic rings. The molecule has 0 fully saturated rings. The maximum Gasteiger partial charge on any atom is 0.228 e. The first kappa shape index (κ1) is 19.3. The highest BCUT2D eigenvalue weighted by molar-refractivity contribution is 9.10. The lowest BCUT2D eigenvalue weighted by Crippen LogP contribution is -2.14. The molecular weight excluding hydrogens is 392 g/mol. The second-order valence-corrected chi connectivity index (χ2v) is 6.49. The van der Waals surface area contributed by atoms with Gasteiger partial charge in [-0.15, -0.1) is 0 Å². The zero-order valence-electron chi connectivity index (χ0n) is 14.6. The van der Waals surface area contributed by atoms with E-state index in [9.17, 15) is 8.78 Å². The summed E-state index contributed by atoms with van der Waals surface area (Å²) in [7, 11) is 1.93. The molecule has 0 bridgehead atoms. The SMILES string of the molecule is CCN(C)C=Nc1cc(Br)c(OC(C)c2ccc(F)c(F)c2)nc1C. The molecule has 0 aliphatic heterocycles. The van der Waals surface area contributed by atoms with Crippen LogP contribution in [0.15, 0.2) is 33.7 Å². The van der Waals surface area contributed by atoms with Crippen molar-refractivity contribution in [3.8, 4) is 5.88 Å². The molecule has 0 radical (unpaired) electrons. The quantitative estimate of drug-likeness (QED) is 0.485. The number of halogens is 3. The summed E-state index contributed by atoms with van der Waals surface area (Å²) in [6, 6.07) is 5.51. The smallest absolute Gasteiger partial charge is 0.228 e. The lowest BCUT2D eigenvalue weighted by molar-refractivity contribution is 0.214. The molecule has 0 aliphatic carbocycles. The Kier molecular flexibility index (Phi) is 6.47. The Morgan fingerprint density at radius 2 is 2.04 bits per heavy atom. The van der Waals surface area contributed by atoms with Crippen LogP contribution < -0.4 is 4.74 Å². The molecule has 2 aromatic rings. The first-order chi connectivity index (χ1) is 11.8. The normalized spacial score (nSPS) is 12.4. The lowest BCUT2D eigenvalue weighted by Gasteiger charge is -2.16. The van der Waals surface area contributed by atoms with Crippen LogP contribution >= 0.6 is 15.9 Å². The minimum atomic E-state index is -0.902. The number of hydrogen-bond donors (Lipinski definition) is 0. The maximum atomic E-state index is 13.4. The van der Waals surface area contributed by atoms with Crippen LogP contribution in [0.3, 0.4) is 0 Å². The lowest BCUT2D eigenvalue weighted by atomic mass is 10.1. The van der Waals surface area contributed by atoms with E-state index in [0.717, 1.165) is 24.4 Å². The summed E-state index contributed by atoms with van der Waals surface area (Å²) in [5.74, 6) is -1.41. The van der Waals surface area contributed by atoms with E-state index in [2.05, 4.69) is 25.9 Å². The molecule has 0 saturated carbocycles. The predicted octanol–water partition coefficient (Wildman–Crippen LogP) is 5.18. The molecule has 25 heavy (non-hydrogen) atoms. The van der Waals surface area contributed by atoms with Crippen LogP contribution in [0.1, 0.15) is 31.2 Å². The fraction of sp³-hybridized carbons (Fsp3) is 0.333. The average molecular weight is 412 g/mol.